The van der Waals surface area contributed by atoms with E-state index in [0.717, 1.165) is 48.6 Å². The number of hydrogen-bond acceptors (Lipinski definition) is 5. The summed E-state index contributed by atoms with van der Waals surface area (Å²) in [4.78, 5) is 22.0. The van der Waals surface area contributed by atoms with Crippen LogP contribution in [-0.2, 0) is 4.74 Å². The number of carbonyl (C=O) groups excluding carboxylic acids is 1. The Hall–Kier alpha value is -2.95. The first-order valence-corrected chi connectivity index (χ1v) is 17.4. The lowest BCUT2D eigenvalue weighted by atomic mass is 10.1. The highest BCUT2D eigenvalue weighted by Gasteiger charge is 2.13. The smallest absolute Gasteiger partial charge is 0.338 e. The summed E-state index contributed by atoms with van der Waals surface area (Å²) in [5.41, 5.74) is 3.00. The number of ether oxygens (including phenoxy) is 2. The second kappa shape index (κ2) is 21.7. The summed E-state index contributed by atoms with van der Waals surface area (Å²) in [6.45, 7) is 5.75. The minimum Gasteiger partial charge on any atom is -0.494 e. The number of hydrogen-bond donors (Lipinski definition) is 0. The van der Waals surface area contributed by atoms with E-state index in [9.17, 15) is 4.79 Å². The van der Waals surface area contributed by atoms with Crippen LogP contribution in [0.4, 0.5) is 0 Å². The fourth-order valence-electron chi connectivity index (χ4n) is 5.41. The maximum Gasteiger partial charge on any atom is 0.338 e. The lowest BCUT2D eigenvalue weighted by Crippen LogP contribution is -2.05. The average molecular weight is 589 g/mol. The van der Waals surface area contributed by atoms with Crippen LogP contribution in [0.1, 0.15) is 146 Å². The topological polar surface area (TPSA) is 61.3 Å². The Morgan fingerprint density at radius 2 is 0.977 bits per heavy atom. The molecule has 3 rings (SSSR count). The molecular formula is C38H56N2O3. The van der Waals surface area contributed by atoms with Crippen LogP contribution < -0.4 is 4.74 Å². The minimum atomic E-state index is -0.285. The predicted octanol–water partition coefficient (Wildman–Crippen LogP) is 11.2. The molecule has 1 aromatic carbocycles. The van der Waals surface area contributed by atoms with Gasteiger partial charge in [-0.05, 0) is 61.4 Å². The quantitative estimate of drug-likeness (QED) is 0.0769. The van der Waals surface area contributed by atoms with Crippen molar-refractivity contribution in [2.45, 2.75) is 136 Å². The third-order valence-corrected chi connectivity index (χ3v) is 8.15. The number of esters is 1. The van der Waals surface area contributed by atoms with Gasteiger partial charge < -0.3 is 9.47 Å². The van der Waals surface area contributed by atoms with E-state index in [1.807, 2.05) is 36.4 Å². The average Bonchev–Trinajstić information content (AvgIpc) is 3.33. The van der Waals surface area contributed by atoms with Gasteiger partial charge >= 0.3 is 5.97 Å². The Balaban J connectivity index is 1.33. The molecule has 0 atom stereocenters. The highest BCUT2D eigenvalue weighted by Crippen LogP contribution is 2.26. The zero-order valence-corrected chi connectivity index (χ0v) is 27.1. The van der Waals surface area contributed by atoms with E-state index in [1.54, 1.807) is 12.1 Å². The van der Waals surface area contributed by atoms with Crippen molar-refractivity contribution < 1.29 is 14.3 Å². The van der Waals surface area contributed by atoms with Gasteiger partial charge in [-0.2, -0.15) is 0 Å². The number of rotatable bonds is 24. The second-order valence-electron chi connectivity index (χ2n) is 12.0. The van der Waals surface area contributed by atoms with Crippen molar-refractivity contribution in [1.29, 1.82) is 0 Å². The van der Waals surface area contributed by atoms with E-state index < -0.39 is 0 Å². The van der Waals surface area contributed by atoms with Gasteiger partial charge in [0.25, 0.3) is 0 Å². The van der Waals surface area contributed by atoms with Gasteiger partial charge in [0.2, 0.25) is 0 Å². The van der Waals surface area contributed by atoms with E-state index in [-0.39, 0.29) is 5.97 Å². The van der Waals surface area contributed by atoms with E-state index >= 15 is 0 Å². The molecule has 0 spiro atoms. The van der Waals surface area contributed by atoms with Gasteiger partial charge in [-0.1, -0.05) is 123 Å². The Morgan fingerprint density at radius 3 is 1.47 bits per heavy atom. The third kappa shape index (κ3) is 13.9. The molecule has 1 aromatic rings. The van der Waals surface area contributed by atoms with Gasteiger partial charge in [-0.15, -0.1) is 0 Å². The van der Waals surface area contributed by atoms with Gasteiger partial charge in [-0.3, -0.25) is 0 Å². The number of benzene rings is 1. The molecule has 0 radical (unpaired) electrons. The lowest BCUT2D eigenvalue weighted by Gasteiger charge is -2.06. The van der Waals surface area contributed by atoms with Crippen LogP contribution in [0, 0.1) is 0 Å². The normalized spacial score (nSPS) is 11.2. The minimum absolute atomic E-state index is 0.285. The number of fused-ring (bicyclic) bond motifs is 1. The van der Waals surface area contributed by atoms with Crippen molar-refractivity contribution in [3.8, 4) is 28.5 Å². The van der Waals surface area contributed by atoms with E-state index in [2.05, 4.69) is 13.8 Å². The van der Waals surface area contributed by atoms with Crippen LogP contribution in [0.3, 0.4) is 0 Å². The Kier molecular flexibility index (Phi) is 17.4. The molecule has 1 aliphatic carbocycles. The summed E-state index contributed by atoms with van der Waals surface area (Å²) in [5.74, 6) is 1.27. The molecule has 1 heterocycles. The van der Waals surface area contributed by atoms with Crippen LogP contribution in [0.5, 0.6) is 5.75 Å². The first kappa shape index (κ1) is 34.5. The maximum atomic E-state index is 12.6. The van der Waals surface area contributed by atoms with Gasteiger partial charge in [0.15, 0.2) is 5.82 Å². The van der Waals surface area contributed by atoms with Crippen LogP contribution in [0.2, 0.25) is 0 Å². The Labute approximate surface area is 261 Å². The monoisotopic (exact) mass is 588 g/mol. The van der Waals surface area contributed by atoms with Crippen molar-refractivity contribution in [3.63, 3.8) is 0 Å². The van der Waals surface area contributed by atoms with Crippen molar-refractivity contribution in [2.75, 3.05) is 13.2 Å². The largest absolute Gasteiger partial charge is 0.494 e. The number of aromatic nitrogens is 2. The zero-order valence-electron chi connectivity index (χ0n) is 27.1. The fraction of sp³-hybridized carbons (Fsp3) is 0.605. The molecule has 1 aliphatic heterocycles. The molecule has 5 heteroatoms. The molecular weight excluding hydrogens is 532 g/mol. The molecule has 0 bridgehead atoms. The Morgan fingerprint density at radius 1 is 0.535 bits per heavy atom. The summed E-state index contributed by atoms with van der Waals surface area (Å²) in [6.07, 6.45) is 24.4. The molecule has 43 heavy (non-hydrogen) atoms. The highest BCUT2D eigenvalue weighted by molar-refractivity contribution is 5.89. The SMILES string of the molecule is CCCCCCCCCCCCCOC(=O)c1ccc2nc(-c3ccc(OCCCCCCCCCC)cc3)nc-2cc1. The molecule has 5 nitrogen and oxygen atoms in total. The second-order valence-corrected chi connectivity index (χ2v) is 12.0. The third-order valence-electron chi connectivity index (χ3n) is 8.15. The number of imidazole rings is 1. The molecule has 0 saturated heterocycles. The summed E-state index contributed by atoms with van der Waals surface area (Å²) in [6, 6.07) is 15.3. The Bertz CT molecular complexity index is 1080. The van der Waals surface area contributed by atoms with E-state index in [1.165, 1.54) is 103 Å². The van der Waals surface area contributed by atoms with Crippen molar-refractivity contribution in [1.82, 2.24) is 9.97 Å². The van der Waals surface area contributed by atoms with Crippen molar-refractivity contribution in [2.24, 2.45) is 0 Å². The highest BCUT2D eigenvalue weighted by atomic mass is 16.5. The summed E-state index contributed by atoms with van der Waals surface area (Å²) >= 11 is 0. The summed E-state index contributed by atoms with van der Waals surface area (Å²) in [5, 5.41) is 0. The molecule has 0 N–H and O–H groups in total. The van der Waals surface area contributed by atoms with Crippen molar-refractivity contribution >= 4 is 5.97 Å². The van der Waals surface area contributed by atoms with Crippen LogP contribution in [0.15, 0.2) is 48.5 Å². The van der Waals surface area contributed by atoms with E-state index in [0.29, 0.717) is 18.0 Å². The van der Waals surface area contributed by atoms with Crippen LogP contribution in [0.25, 0.3) is 22.8 Å². The summed E-state index contributed by atoms with van der Waals surface area (Å²) in [7, 11) is 0. The molecule has 0 saturated carbocycles. The van der Waals surface area contributed by atoms with Gasteiger partial charge in [0.05, 0.1) is 30.2 Å². The molecule has 236 valence electrons. The van der Waals surface area contributed by atoms with Crippen molar-refractivity contribution in [3.05, 3.63) is 54.1 Å². The molecule has 0 amide bonds. The van der Waals surface area contributed by atoms with Gasteiger partial charge in [0.1, 0.15) is 5.75 Å². The first-order valence-electron chi connectivity index (χ1n) is 17.4. The van der Waals surface area contributed by atoms with Gasteiger partial charge in [0, 0.05) is 5.56 Å². The standard InChI is InChI=1S/C38H56N2O3/c1-3-5-7-9-11-13-14-15-17-19-21-31-43-38(41)33-24-28-35-36(29-25-33)40-37(39-35)32-22-26-34(27-23-32)42-30-20-18-16-12-10-8-6-4-2/h22-29H,3-21,30-31H2,1-2H3. The van der Waals surface area contributed by atoms with Crippen LogP contribution >= 0.6 is 0 Å². The number of carbonyl (C=O) groups is 1. The molecule has 0 aromatic heterocycles. The lowest BCUT2D eigenvalue weighted by molar-refractivity contribution is 0.0498. The van der Waals surface area contributed by atoms with Gasteiger partial charge in [-0.25, -0.2) is 14.8 Å². The fourth-order valence-corrected chi connectivity index (χ4v) is 5.41. The number of nitrogens with zero attached hydrogens (tertiary/aromatic N) is 2. The first-order chi connectivity index (χ1) is 21.2. The number of unbranched alkanes of at least 4 members (excludes halogenated alkanes) is 17. The molecule has 0 unspecified atom stereocenters. The maximum absolute atomic E-state index is 12.6. The zero-order chi connectivity index (χ0) is 30.4. The summed E-state index contributed by atoms with van der Waals surface area (Å²) < 4.78 is 11.5. The molecule has 0 fully saturated rings. The molecule has 2 aliphatic rings. The van der Waals surface area contributed by atoms with Crippen LogP contribution in [-0.4, -0.2) is 29.2 Å². The van der Waals surface area contributed by atoms with E-state index in [4.69, 9.17) is 19.4 Å². The predicted molar refractivity (Wildman–Crippen MR) is 179 cm³/mol.